The smallest absolute Gasteiger partial charge is 0.366 e. The molecule has 6 nitrogen and oxygen atoms in total. The summed E-state index contributed by atoms with van der Waals surface area (Å²) in [5, 5.41) is 5.20. The number of nitrogens with zero attached hydrogens (tertiary/aromatic N) is 4. The Bertz CT molecular complexity index is 1860. The van der Waals surface area contributed by atoms with Gasteiger partial charge < -0.3 is 19.7 Å². The monoisotopic (exact) mass is 611 g/mol. The maximum absolute atomic E-state index is 14.4. The van der Waals surface area contributed by atoms with Gasteiger partial charge >= 0.3 is 6.18 Å². The van der Waals surface area contributed by atoms with Crippen LogP contribution < -0.4 is 5.32 Å². The number of alkyl halides is 3. The number of carbonyl (C=O) groups excluding carboxylic acids is 1. The van der Waals surface area contributed by atoms with Gasteiger partial charge in [-0.3, -0.25) is 4.79 Å². The van der Waals surface area contributed by atoms with E-state index in [4.69, 9.17) is 4.98 Å². The first-order chi connectivity index (χ1) is 21.7. The Morgan fingerprint density at radius 3 is 2.44 bits per heavy atom. The minimum Gasteiger partial charge on any atom is -0.366 e. The van der Waals surface area contributed by atoms with Crippen LogP contribution in [0.1, 0.15) is 47.2 Å². The van der Waals surface area contributed by atoms with Gasteiger partial charge in [0.05, 0.1) is 16.6 Å². The summed E-state index contributed by atoms with van der Waals surface area (Å²) in [4.78, 5) is 23.7. The van der Waals surface area contributed by atoms with Gasteiger partial charge in [-0.2, -0.15) is 13.2 Å². The van der Waals surface area contributed by atoms with Crippen LogP contribution in [-0.2, 0) is 19.8 Å². The molecule has 1 amide bonds. The van der Waals surface area contributed by atoms with E-state index in [2.05, 4.69) is 45.1 Å². The first-order valence-electron chi connectivity index (χ1n) is 15.7. The van der Waals surface area contributed by atoms with E-state index < -0.39 is 11.7 Å². The number of benzene rings is 3. The second-order valence-corrected chi connectivity index (χ2v) is 12.3. The van der Waals surface area contributed by atoms with Crippen molar-refractivity contribution in [1.82, 2.24) is 19.4 Å². The molecule has 7 rings (SSSR count). The lowest BCUT2D eigenvalue weighted by atomic mass is 9.99. The maximum Gasteiger partial charge on any atom is 0.416 e. The Hall–Kier alpha value is -4.37. The van der Waals surface area contributed by atoms with Crippen molar-refractivity contribution in [1.29, 1.82) is 0 Å². The lowest BCUT2D eigenvalue weighted by Gasteiger charge is -2.29. The molecule has 0 spiro atoms. The summed E-state index contributed by atoms with van der Waals surface area (Å²) in [7, 11) is 2.03. The SMILES string of the molecule is Cn1ccc2cc(-c3ccc4nc(NCc5ccc(C(F)(F)F)cc5)cc(C(=O)N5CCC[C@H]5CN5CCCC5)c4c3)ccc21. The summed E-state index contributed by atoms with van der Waals surface area (Å²) >= 11 is 0. The highest BCUT2D eigenvalue weighted by molar-refractivity contribution is 6.08. The molecule has 2 aliphatic heterocycles. The largest absolute Gasteiger partial charge is 0.416 e. The van der Waals surface area contributed by atoms with Crippen LogP contribution in [0.4, 0.5) is 19.0 Å². The Morgan fingerprint density at radius 1 is 0.911 bits per heavy atom. The molecular weight excluding hydrogens is 575 g/mol. The second-order valence-electron chi connectivity index (χ2n) is 12.3. The molecule has 0 bridgehead atoms. The molecule has 0 unspecified atom stereocenters. The molecule has 1 atom stereocenters. The molecule has 2 saturated heterocycles. The molecule has 4 heterocycles. The van der Waals surface area contributed by atoms with Crippen molar-refractivity contribution in [3.63, 3.8) is 0 Å². The standard InChI is InChI=1S/C36H36F3N5O/c1-42-18-14-27-19-25(9-13-33(27)42)26-8-12-32-30(20-26)31(35(45)44-17-4-5-29(44)23-43-15-2-3-16-43)21-34(41-32)40-22-24-6-10-28(11-7-24)36(37,38)39/h6-14,18-21,29H,2-5,15-17,22-23H2,1H3,(H,40,41)/t29-/m0/s1. The fourth-order valence-corrected chi connectivity index (χ4v) is 6.85. The number of aromatic nitrogens is 2. The van der Waals surface area contributed by atoms with E-state index in [0.29, 0.717) is 22.5 Å². The third-order valence-electron chi connectivity index (χ3n) is 9.32. The molecule has 3 aromatic carbocycles. The lowest BCUT2D eigenvalue weighted by molar-refractivity contribution is -0.137. The Labute approximate surface area is 260 Å². The van der Waals surface area contributed by atoms with Crippen LogP contribution in [0.25, 0.3) is 32.9 Å². The summed E-state index contributed by atoms with van der Waals surface area (Å²) in [5.41, 5.74) is 4.51. The van der Waals surface area contributed by atoms with Gasteiger partial charge in [-0.25, -0.2) is 4.98 Å². The van der Waals surface area contributed by atoms with Gasteiger partial charge in [0.25, 0.3) is 5.91 Å². The van der Waals surface area contributed by atoms with Crippen molar-refractivity contribution >= 4 is 33.5 Å². The van der Waals surface area contributed by atoms with Crippen LogP contribution in [0.2, 0.25) is 0 Å². The van der Waals surface area contributed by atoms with Gasteiger partial charge in [-0.05, 0) is 104 Å². The van der Waals surface area contributed by atoms with Gasteiger partial charge in [0, 0.05) is 55.2 Å². The zero-order valence-electron chi connectivity index (χ0n) is 25.3. The molecular formula is C36H36F3N5O. The molecule has 0 aliphatic carbocycles. The van der Waals surface area contributed by atoms with Gasteiger partial charge in [-0.1, -0.05) is 24.3 Å². The van der Waals surface area contributed by atoms with Crippen molar-refractivity contribution in [2.45, 2.75) is 44.4 Å². The second kappa shape index (κ2) is 11.9. The minimum absolute atomic E-state index is 0.00246. The van der Waals surface area contributed by atoms with Crippen LogP contribution in [-0.4, -0.2) is 57.5 Å². The van der Waals surface area contributed by atoms with E-state index in [0.717, 1.165) is 78.6 Å². The predicted molar refractivity (Wildman–Crippen MR) is 172 cm³/mol. The first kappa shape index (κ1) is 29.3. The van der Waals surface area contributed by atoms with Crippen molar-refractivity contribution in [3.05, 3.63) is 95.7 Å². The molecule has 45 heavy (non-hydrogen) atoms. The molecule has 2 aliphatic rings. The topological polar surface area (TPSA) is 53.4 Å². The van der Waals surface area contributed by atoms with E-state index in [9.17, 15) is 18.0 Å². The minimum atomic E-state index is -4.38. The fraction of sp³-hybridized carbons (Fsp3) is 0.333. The normalized spacial score (nSPS) is 17.5. The lowest BCUT2D eigenvalue weighted by Crippen LogP contribution is -2.42. The maximum atomic E-state index is 14.4. The fourth-order valence-electron chi connectivity index (χ4n) is 6.85. The molecule has 232 valence electrons. The Morgan fingerprint density at radius 2 is 1.67 bits per heavy atom. The van der Waals surface area contributed by atoms with E-state index in [1.54, 1.807) is 0 Å². The number of anilines is 1. The quantitative estimate of drug-likeness (QED) is 0.205. The number of fused-ring (bicyclic) bond motifs is 2. The summed E-state index contributed by atoms with van der Waals surface area (Å²) < 4.78 is 41.2. The van der Waals surface area contributed by atoms with Crippen LogP contribution in [0.3, 0.4) is 0 Å². The van der Waals surface area contributed by atoms with Crippen LogP contribution in [0, 0.1) is 0 Å². The van der Waals surface area contributed by atoms with E-state index >= 15 is 0 Å². The van der Waals surface area contributed by atoms with Gasteiger partial charge in [0.2, 0.25) is 0 Å². The van der Waals surface area contributed by atoms with Crippen molar-refractivity contribution in [3.8, 4) is 11.1 Å². The summed E-state index contributed by atoms with van der Waals surface area (Å²) in [6, 6.07) is 21.6. The van der Waals surface area contributed by atoms with Gasteiger partial charge in [0.15, 0.2) is 0 Å². The van der Waals surface area contributed by atoms with Crippen molar-refractivity contribution in [2.24, 2.45) is 7.05 Å². The highest BCUT2D eigenvalue weighted by atomic mass is 19.4. The van der Waals surface area contributed by atoms with Crippen LogP contribution in [0.5, 0.6) is 0 Å². The predicted octanol–water partition coefficient (Wildman–Crippen LogP) is 7.72. The molecule has 1 N–H and O–H groups in total. The molecule has 0 saturated carbocycles. The zero-order chi connectivity index (χ0) is 31.1. The van der Waals surface area contributed by atoms with E-state index in [1.165, 1.54) is 25.0 Å². The van der Waals surface area contributed by atoms with Gasteiger partial charge in [-0.15, -0.1) is 0 Å². The average molecular weight is 612 g/mol. The van der Waals surface area contributed by atoms with E-state index in [-0.39, 0.29) is 18.5 Å². The number of rotatable bonds is 7. The summed E-state index contributed by atoms with van der Waals surface area (Å²) in [5.74, 6) is 0.511. The Kier molecular flexibility index (Phi) is 7.73. The highest BCUT2D eigenvalue weighted by Gasteiger charge is 2.33. The van der Waals surface area contributed by atoms with Crippen molar-refractivity contribution in [2.75, 3.05) is 31.5 Å². The number of nitrogens with one attached hydrogen (secondary N) is 1. The summed E-state index contributed by atoms with van der Waals surface area (Å²) in [6.45, 7) is 4.07. The number of hydrogen-bond acceptors (Lipinski definition) is 4. The number of aryl methyl sites for hydroxylation is 1. The number of carbonyl (C=O) groups is 1. The molecule has 2 fully saturated rings. The number of likely N-dealkylation sites (tertiary alicyclic amines) is 2. The third kappa shape index (κ3) is 6.01. The zero-order valence-corrected chi connectivity index (χ0v) is 25.3. The summed E-state index contributed by atoms with van der Waals surface area (Å²) in [6.07, 6.45) is 2.06. The van der Waals surface area contributed by atoms with E-state index in [1.807, 2.05) is 36.3 Å². The molecule has 9 heteroatoms. The van der Waals surface area contributed by atoms with Crippen LogP contribution in [0.15, 0.2) is 79.0 Å². The number of halogens is 3. The third-order valence-corrected chi connectivity index (χ3v) is 9.32. The number of amides is 1. The Balaban J connectivity index is 1.23. The van der Waals surface area contributed by atoms with Crippen molar-refractivity contribution < 1.29 is 18.0 Å². The number of pyridine rings is 1. The number of hydrogen-bond donors (Lipinski definition) is 1. The molecule has 2 aromatic heterocycles. The molecule has 0 radical (unpaired) electrons. The molecule has 5 aromatic rings. The highest BCUT2D eigenvalue weighted by Crippen LogP contribution is 2.33. The van der Waals surface area contributed by atoms with Crippen LogP contribution >= 0.6 is 0 Å². The average Bonchev–Trinajstić information content (AvgIpc) is 3.81. The first-order valence-corrected chi connectivity index (χ1v) is 15.7. The van der Waals surface area contributed by atoms with Gasteiger partial charge in [0.1, 0.15) is 5.82 Å².